The second-order valence-electron chi connectivity index (χ2n) is 7.13. The van der Waals surface area contributed by atoms with Crippen molar-refractivity contribution >= 4 is 46.1 Å². The maximum Gasteiger partial charge on any atom is 0.326 e. The molecule has 1 amide bonds. The highest BCUT2D eigenvalue weighted by molar-refractivity contribution is 5.90. The van der Waals surface area contributed by atoms with Gasteiger partial charge in [0.1, 0.15) is 6.04 Å². The molecule has 2 aromatic carbocycles. The topological polar surface area (TPSA) is 124 Å². The SMILES string of the molecule is Cl.N[C@H](Cc1c[nH]c2ccccc12)C(=O)N[C@H](Cc1c[nH]c2ccccc12)C(=O)O. The zero-order valence-corrected chi connectivity index (χ0v) is 16.9. The number of para-hydroxylation sites is 2. The van der Waals surface area contributed by atoms with Crippen LogP contribution in [0.2, 0.25) is 0 Å². The Morgan fingerprint density at radius 2 is 1.40 bits per heavy atom. The summed E-state index contributed by atoms with van der Waals surface area (Å²) in [5.74, 6) is -1.58. The maximum absolute atomic E-state index is 12.6. The molecule has 7 nitrogen and oxygen atoms in total. The van der Waals surface area contributed by atoms with Gasteiger partial charge in [-0.05, 0) is 29.7 Å². The third-order valence-corrected chi connectivity index (χ3v) is 5.17. The normalized spacial score (nSPS) is 13.0. The van der Waals surface area contributed by atoms with Crippen molar-refractivity contribution in [2.75, 3.05) is 0 Å². The Labute approximate surface area is 179 Å². The fourth-order valence-electron chi connectivity index (χ4n) is 3.63. The lowest BCUT2D eigenvalue weighted by Gasteiger charge is -2.17. The van der Waals surface area contributed by atoms with Crippen LogP contribution in [0, 0.1) is 0 Å². The number of hydrogen-bond donors (Lipinski definition) is 5. The summed E-state index contributed by atoms with van der Waals surface area (Å²) in [6.45, 7) is 0. The number of carbonyl (C=O) groups excluding carboxylic acids is 1. The van der Waals surface area contributed by atoms with Crippen molar-refractivity contribution in [3.8, 4) is 0 Å². The molecule has 0 aliphatic carbocycles. The molecule has 30 heavy (non-hydrogen) atoms. The van der Waals surface area contributed by atoms with Crippen molar-refractivity contribution in [1.29, 1.82) is 0 Å². The van der Waals surface area contributed by atoms with Gasteiger partial charge in [-0.15, -0.1) is 12.4 Å². The Bertz CT molecular complexity index is 1180. The van der Waals surface area contributed by atoms with Crippen molar-refractivity contribution in [3.05, 3.63) is 72.1 Å². The average Bonchev–Trinajstić information content (AvgIpc) is 3.32. The molecule has 156 valence electrons. The number of amides is 1. The van der Waals surface area contributed by atoms with E-state index < -0.39 is 24.0 Å². The fourth-order valence-corrected chi connectivity index (χ4v) is 3.63. The number of benzene rings is 2. The Balaban J connectivity index is 0.00000256. The molecule has 0 saturated carbocycles. The van der Waals surface area contributed by atoms with Crippen molar-refractivity contribution in [3.63, 3.8) is 0 Å². The van der Waals surface area contributed by atoms with Gasteiger partial charge in [-0.2, -0.15) is 0 Å². The number of aliphatic carboxylic acids is 1. The second kappa shape index (κ2) is 9.02. The van der Waals surface area contributed by atoms with Gasteiger partial charge in [0.15, 0.2) is 0 Å². The molecule has 2 heterocycles. The van der Waals surface area contributed by atoms with Gasteiger partial charge in [-0.3, -0.25) is 4.79 Å². The molecule has 6 N–H and O–H groups in total. The Hall–Kier alpha value is -3.29. The van der Waals surface area contributed by atoms with E-state index in [9.17, 15) is 14.7 Å². The molecule has 2 atom stereocenters. The minimum atomic E-state index is -1.09. The van der Waals surface area contributed by atoms with E-state index in [2.05, 4.69) is 15.3 Å². The zero-order chi connectivity index (χ0) is 20.4. The van der Waals surface area contributed by atoms with E-state index in [1.54, 1.807) is 6.20 Å². The first kappa shape index (κ1) is 21.4. The summed E-state index contributed by atoms with van der Waals surface area (Å²) in [6.07, 6.45) is 4.09. The lowest BCUT2D eigenvalue weighted by molar-refractivity contribution is -0.141. The van der Waals surface area contributed by atoms with Crippen molar-refractivity contribution in [2.24, 2.45) is 5.73 Å². The van der Waals surface area contributed by atoms with Crippen LogP contribution in [0.25, 0.3) is 21.8 Å². The third kappa shape index (κ3) is 4.32. The third-order valence-electron chi connectivity index (χ3n) is 5.17. The van der Waals surface area contributed by atoms with Crippen LogP contribution >= 0.6 is 12.4 Å². The number of fused-ring (bicyclic) bond motifs is 2. The first-order valence-electron chi connectivity index (χ1n) is 9.41. The summed E-state index contributed by atoms with van der Waals surface area (Å²) < 4.78 is 0. The number of hydrogen-bond acceptors (Lipinski definition) is 3. The predicted octanol–water partition coefficient (Wildman–Crippen LogP) is 2.75. The summed E-state index contributed by atoms with van der Waals surface area (Å²) in [7, 11) is 0. The standard InChI is InChI=1S/C22H22N4O3.ClH/c23-17(9-13-11-24-18-7-3-1-5-15(13)18)21(27)26-20(22(28)29)10-14-12-25-19-8-4-2-6-16(14)19;/h1-8,11-12,17,20,24-25H,9-10,23H2,(H,26,27)(H,28,29);1H/t17-,20-;/m1./s1. The minimum Gasteiger partial charge on any atom is -0.480 e. The van der Waals surface area contributed by atoms with Crippen molar-refractivity contribution < 1.29 is 14.7 Å². The van der Waals surface area contributed by atoms with Crippen LogP contribution in [0.15, 0.2) is 60.9 Å². The number of carboxylic acids is 1. The number of aromatic amines is 2. The monoisotopic (exact) mass is 426 g/mol. The first-order valence-corrected chi connectivity index (χ1v) is 9.41. The zero-order valence-electron chi connectivity index (χ0n) is 16.1. The quantitative estimate of drug-likeness (QED) is 0.311. The highest BCUT2D eigenvalue weighted by Crippen LogP contribution is 2.20. The second-order valence-corrected chi connectivity index (χ2v) is 7.13. The van der Waals surface area contributed by atoms with E-state index in [1.165, 1.54) is 0 Å². The maximum atomic E-state index is 12.6. The Morgan fingerprint density at radius 1 is 0.900 bits per heavy atom. The highest BCUT2D eigenvalue weighted by Gasteiger charge is 2.25. The van der Waals surface area contributed by atoms with Crippen LogP contribution in [-0.4, -0.2) is 39.0 Å². The van der Waals surface area contributed by atoms with E-state index in [4.69, 9.17) is 5.73 Å². The number of nitrogens with two attached hydrogens (primary N) is 1. The van der Waals surface area contributed by atoms with Crippen molar-refractivity contribution in [1.82, 2.24) is 15.3 Å². The van der Waals surface area contributed by atoms with Gasteiger partial charge in [-0.25, -0.2) is 4.79 Å². The van der Waals surface area contributed by atoms with E-state index >= 15 is 0 Å². The van der Waals surface area contributed by atoms with Gasteiger partial charge in [0.25, 0.3) is 0 Å². The fraction of sp³-hybridized carbons (Fsp3) is 0.182. The van der Waals surface area contributed by atoms with Crippen LogP contribution in [0.5, 0.6) is 0 Å². The number of rotatable bonds is 7. The lowest BCUT2D eigenvalue weighted by Crippen LogP contribution is -2.50. The van der Waals surface area contributed by atoms with Crippen LogP contribution in [0.3, 0.4) is 0 Å². The van der Waals surface area contributed by atoms with Gasteiger partial charge in [0.2, 0.25) is 5.91 Å². The lowest BCUT2D eigenvalue weighted by atomic mass is 10.0. The van der Waals surface area contributed by atoms with Gasteiger partial charge in [0, 0.05) is 40.6 Å². The summed E-state index contributed by atoms with van der Waals surface area (Å²) in [4.78, 5) is 30.6. The number of aromatic nitrogens is 2. The number of carboxylic acid groups (broad SMARTS) is 1. The molecule has 0 aliphatic rings. The number of nitrogens with one attached hydrogen (secondary N) is 3. The van der Waals surface area contributed by atoms with Crippen molar-refractivity contribution in [2.45, 2.75) is 24.9 Å². The molecule has 4 aromatic rings. The highest BCUT2D eigenvalue weighted by atomic mass is 35.5. The van der Waals surface area contributed by atoms with Gasteiger partial charge < -0.3 is 26.1 Å². The van der Waals surface area contributed by atoms with E-state index in [-0.39, 0.29) is 18.8 Å². The van der Waals surface area contributed by atoms with Crippen LogP contribution in [0.4, 0.5) is 0 Å². The molecule has 0 unspecified atom stereocenters. The van der Waals surface area contributed by atoms with Crippen LogP contribution in [-0.2, 0) is 22.4 Å². The van der Waals surface area contributed by atoms with Gasteiger partial charge in [-0.1, -0.05) is 36.4 Å². The molecule has 0 bridgehead atoms. The van der Waals surface area contributed by atoms with Gasteiger partial charge >= 0.3 is 5.97 Å². The summed E-state index contributed by atoms with van der Waals surface area (Å²) in [5.41, 5.74) is 9.74. The molecule has 0 aliphatic heterocycles. The smallest absolute Gasteiger partial charge is 0.326 e. The molecule has 8 heteroatoms. The minimum absolute atomic E-state index is 0. The van der Waals surface area contributed by atoms with Crippen LogP contribution in [0.1, 0.15) is 11.1 Å². The number of H-pyrrole nitrogens is 2. The molecular formula is C22H23ClN4O3. The molecule has 0 fully saturated rings. The van der Waals surface area contributed by atoms with E-state index in [0.717, 1.165) is 32.9 Å². The number of halogens is 1. The van der Waals surface area contributed by atoms with Gasteiger partial charge in [0.05, 0.1) is 6.04 Å². The molecule has 0 saturated heterocycles. The number of carbonyl (C=O) groups is 2. The molecule has 0 spiro atoms. The van der Waals surface area contributed by atoms with E-state index in [1.807, 2.05) is 54.7 Å². The molecule has 4 rings (SSSR count). The molecule has 0 radical (unpaired) electrons. The summed E-state index contributed by atoms with van der Waals surface area (Å²) >= 11 is 0. The Morgan fingerprint density at radius 3 is 1.93 bits per heavy atom. The summed E-state index contributed by atoms with van der Waals surface area (Å²) in [6, 6.07) is 13.5. The largest absolute Gasteiger partial charge is 0.480 e. The Kier molecular flexibility index (Phi) is 6.44. The van der Waals surface area contributed by atoms with E-state index in [0.29, 0.717) is 6.42 Å². The molecular weight excluding hydrogens is 404 g/mol. The predicted molar refractivity (Wildman–Crippen MR) is 119 cm³/mol. The average molecular weight is 427 g/mol. The van der Waals surface area contributed by atoms with Crippen LogP contribution < -0.4 is 11.1 Å². The molecule has 2 aromatic heterocycles. The summed E-state index contributed by atoms with van der Waals surface area (Å²) in [5, 5.41) is 14.1. The first-order chi connectivity index (χ1) is 14.0.